The molecule has 6 heteroatoms. The van der Waals surface area contributed by atoms with E-state index in [9.17, 15) is 19.2 Å². The van der Waals surface area contributed by atoms with Crippen molar-refractivity contribution in [1.82, 2.24) is 5.32 Å². The Morgan fingerprint density at radius 2 is 1.56 bits per heavy atom. The van der Waals surface area contributed by atoms with Gasteiger partial charge in [0.2, 0.25) is 0 Å². The maximum atomic E-state index is 12.1. The lowest BCUT2D eigenvalue weighted by Gasteiger charge is -2.07. The normalized spacial score (nSPS) is 10.1. The van der Waals surface area contributed by atoms with Crippen molar-refractivity contribution in [2.45, 2.75) is 26.7 Å². The number of ether oxygens (including phenoxy) is 1. The van der Waals surface area contributed by atoms with Gasteiger partial charge < -0.3 is 4.74 Å². The Morgan fingerprint density at radius 1 is 0.852 bits per heavy atom. The fourth-order valence-corrected chi connectivity index (χ4v) is 2.32. The standard InChI is InChI=1S/C21H21NO5/c1-14-8-9-17(12-15(14)2)18(23)10-11-20(25)27-13-19(24)22-21(26)16-6-4-3-5-7-16/h3-9,12H,10-11,13H2,1-2H3,(H,22,24,26). The molecule has 0 radical (unpaired) electrons. The number of ketones is 1. The van der Waals surface area contributed by atoms with Gasteiger partial charge in [-0.05, 0) is 43.2 Å². The molecule has 0 aliphatic rings. The maximum absolute atomic E-state index is 12.1. The highest BCUT2D eigenvalue weighted by atomic mass is 16.5. The van der Waals surface area contributed by atoms with Crippen molar-refractivity contribution >= 4 is 23.6 Å². The van der Waals surface area contributed by atoms with Gasteiger partial charge in [0, 0.05) is 17.5 Å². The molecule has 2 aromatic carbocycles. The quantitative estimate of drug-likeness (QED) is 0.600. The number of imide groups is 1. The van der Waals surface area contributed by atoms with Gasteiger partial charge in [-0.2, -0.15) is 0 Å². The summed E-state index contributed by atoms with van der Waals surface area (Å²) in [6.45, 7) is 3.29. The molecule has 6 nitrogen and oxygen atoms in total. The molecule has 0 fully saturated rings. The molecular weight excluding hydrogens is 346 g/mol. The van der Waals surface area contributed by atoms with Crippen molar-refractivity contribution in [3.05, 3.63) is 70.8 Å². The molecule has 2 rings (SSSR count). The predicted molar refractivity (Wildman–Crippen MR) is 99.4 cm³/mol. The van der Waals surface area contributed by atoms with Gasteiger partial charge in [-0.15, -0.1) is 0 Å². The summed E-state index contributed by atoms with van der Waals surface area (Å²) in [5.74, 6) is -2.13. The van der Waals surface area contributed by atoms with Gasteiger partial charge in [0.15, 0.2) is 12.4 Å². The molecule has 0 bridgehead atoms. The van der Waals surface area contributed by atoms with Crippen LogP contribution in [0.1, 0.15) is 44.7 Å². The van der Waals surface area contributed by atoms with Crippen LogP contribution in [0.25, 0.3) is 0 Å². The molecule has 0 unspecified atom stereocenters. The molecule has 0 heterocycles. The number of hydrogen-bond acceptors (Lipinski definition) is 5. The number of carbonyl (C=O) groups is 4. The number of rotatable bonds is 7. The summed E-state index contributed by atoms with van der Waals surface area (Å²) >= 11 is 0. The lowest BCUT2D eigenvalue weighted by atomic mass is 10.0. The number of Topliss-reactive ketones (excluding diaryl/α,β-unsaturated/α-hetero) is 1. The van der Waals surface area contributed by atoms with Gasteiger partial charge >= 0.3 is 5.97 Å². The second-order valence-corrected chi connectivity index (χ2v) is 6.13. The van der Waals surface area contributed by atoms with Crippen molar-refractivity contribution in [3.8, 4) is 0 Å². The zero-order valence-electron chi connectivity index (χ0n) is 15.3. The third-order valence-electron chi connectivity index (χ3n) is 4.04. The summed E-state index contributed by atoms with van der Waals surface area (Å²) < 4.78 is 4.81. The number of benzene rings is 2. The number of esters is 1. The first-order valence-corrected chi connectivity index (χ1v) is 8.52. The Balaban J connectivity index is 1.74. The summed E-state index contributed by atoms with van der Waals surface area (Å²) in [6, 6.07) is 13.6. The molecule has 0 aliphatic carbocycles. The molecule has 27 heavy (non-hydrogen) atoms. The van der Waals surface area contributed by atoms with Crippen LogP contribution in [-0.4, -0.2) is 30.2 Å². The maximum Gasteiger partial charge on any atom is 0.306 e. The highest BCUT2D eigenvalue weighted by Gasteiger charge is 2.14. The Morgan fingerprint density at radius 3 is 2.22 bits per heavy atom. The van der Waals surface area contributed by atoms with Crippen LogP contribution in [0.2, 0.25) is 0 Å². The highest BCUT2D eigenvalue weighted by molar-refractivity contribution is 6.05. The first-order valence-electron chi connectivity index (χ1n) is 8.52. The Kier molecular flexibility index (Phi) is 7.00. The van der Waals surface area contributed by atoms with E-state index in [1.54, 1.807) is 42.5 Å². The van der Waals surface area contributed by atoms with Crippen molar-refractivity contribution in [3.63, 3.8) is 0 Å². The van der Waals surface area contributed by atoms with E-state index in [1.807, 2.05) is 19.9 Å². The van der Waals surface area contributed by atoms with Crippen molar-refractivity contribution in [2.75, 3.05) is 6.61 Å². The smallest absolute Gasteiger partial charge is 0.306 e. The fourth-order valence-electron chi connectivity index (χ4n) is 2.32. The second-order valence-electron chi connectivity index (χ2n) is 6.13. The molecule has 0 aliphatic heterocycles. The minimum Gasteiger partial charge on any atom is -0.456 e. The summed E-state index contributed by atoms with van der Waals surface area (Å²) in [5, 5.41) is 2.13. The van der Waals surface area contributed by atoms with Gasteiger partial charge in [0.25, 0.3) is 11.8 Å². The first-order chi connectivity index (χ1) is 12.9. The molecule has 2 aromatic rings. The topological polar surface area (TPSA) is 89.5 Å². The number of aryl methyl sites for hydroxylation is 2. The highest BCUT2D eigenvalue weighted by Crippen LogP contribution is 2.12. The average molecular weight is 367 g/mol. The number of hydrogen-bond donors (Lipinski definition) is 1. The minimum atomic E-state index is -0.724. The molecule has 0 saturated heterocycles. The van der Waals surface area contributed by atoms with Crippen LogP contribution in [0.5, 0.6) is 0 Å². The molecule has 140 valence electrons. The summed E-state index contributed by atoms with van der Waals surface area (Å²) in [6.07, 6.45) is -0.141. The number of nitrogens with one attached hydrogen (secondary N) is 1. The van der Waals surface area contributed by atoms with Crippen LogP contribution >= 0.6 is 0 Å². The first kappa shape index (κ1) is 20.0. The van der Waals surface area contributed by atoms with Crippen molar-refractivity contribution in [1.29, 1.82) is 0 Å². The third-order valence-corrected chi connectivity index (χ3v) is 4.04. The van der Waals surface area contributed by atoms with E-state index in [2.05, 4.69) is 5.32 Å². The van der Waals surface area contributed by atoms with E-state index >= 15 is 0 Å². The molecule has 0 saturated carbocycles. The minimum absolute atomic E-state index is 0.00804. The van der Waals surface area contributed by atoms with Gasteiger partial charge in [-0.25, -0.2) is 0 Å². The van der Waals surface area contributed by atoms with E-state index in [-0.39, 0.29) is 18.6 Å². The Hall–Kier alpha value is -3.28. The van der Waals surface area contributed by atoms with Crippen LogP contribution in [0.3, 0.4) is 0 Å². The zero-order chi connectivity index (χ0) is 19.8. The van der Waals surface area contributed by atoms with E-state index in [0.29, 0.717) is 11.1 Å². The van der Waals surface area contributed by atoms with Gasteiger partial charge in [-0.1, -0.05) is 30.3 Å². The van der Waals surface area contributed by atoms with E-state index in [4.69, 9.17) is 4.74 Å². The van der Waals surface area contributed by atoms with Crippen molar-refractivity contribution in [2.24, 2.45) is 0 Å². The summed E-state index contributed by atoms with van der Waals surface area (Å²) in [4.78, 5) is 47.3. The molecule has 1 N–H and O–H groups in total. The Bertz CT molecular complexity index is 858. The van der Waals surface area contributed by atoms with Crippen LogP contribution in [0, 0.1) is 13.8 Å². The number of carbonyl (C=O) groups excluding carboxylic acids is 4. The lowest BCUT2D eigenvalue weighted by Crippen LogP contribution is -2.34. The van der Waals surface area contributed by atoms with Crippen LogP contribution in [-0.2, 0) is 14.3 Å². The molecule has 0 spiro atoms. The van der Waals surface area contributed by atoms with Crippen LogP contribution < -0.4 is 5.32 Å². The summed E-state index contributed by atoms with van der Waals surface area (Å²) in [7, 11) is 0. The molecule has 2 amide bonds. The van der Waals surface area contributed by atoms with Gasteiger partial charge in [0.1, 0.15) is 0 Å². The monoisotopic (exact) mass is 367 g/mol. The third kappa shape index (κ3) is 6.18. The van der Waals surface area contributed by atoms with Gasteiger partial charge in [-0.3, -0.25) is 24.5 Å². The van der Waals surface area contributed by atoms with Gasteiger partial charge in [0.05, 0.1) is 6.42 Å². The molecular formula is C21H21NO5. The van der Waals surface area contributed by atoms with Crippen LogP contribution in [0.15, 0.2) is 48.5 Å². The molecule has 0 aromatic heterocycles. The lowest BCUT2D eigenvalue weighted by molar-refractivity contribution is -0.148. The number of amides is 2. The molecule has 0 atom stereocenters. The summed E-state index contributed by atoms with van der Waals surface area (Å²) in [5.41, 5.74) is 2.96. The average Bonchev–Trinajstić information content (AvgIpc) is 2.67. The zero-order valence-corrected chi connectivity index (χ0v) is 15.3. The SMILES string of the molecule is Cc1ccc(C(=O)CCC(=O)OCC(=O)NC(=O)c2ccccc2)cc1C. The van der Waals surface area contributed by atoms with Crippen LogP contribution in [0.4, 0.5) is 0 Å². The van der Waals surface area contributed by atoms with E-state index in [0.717, 1.165) is 11.1 Å². The van der Waals surface area contributed by atoms with Crippen molar-refractivity contribution < 1.29 is 23.9 Å². The second kappa shape index (κ2) is 9.43. The van der Waals surface area contributed by atoms with E-state index < -0.39 is 24.4 Å². The Labute approximate surface area is 157 Å². The predicted octanol–water partition coefficient (Wildman–Crippen LogP) is 2.77. The largest absolute Gasteiger partial charge is 0.456 e. The fraction of sp³-hybridized carbons (Fsp3) is 0.238. The van der Waals surface area contributed by atoms with E-state index in [1.165, 1.54) is 0 Å².